The van der Waals surface area contributed by atoms with E-state index < -0.39 is 6.04 Å². The second-order valence-electron chi connectivity index (χ2n) is 4.44. The molecule has 1 aliphatic rings. The molecule has 5 nitrogen and oxygen atoms in total. The predicted octanol–water partition coefficient (Wildman–Crippen LogP) is 0.444. The van der Waals surface area contributed by atoms with Crippen molar-refractivity contribution in [1.82, 2.24) is 10.6 Å². The minimum atomic E-state index is -0.552. The largest absolute Gasteiger partial charge is 0.464 e. The molecule has 1 amide bonds. The van der Waals surface area contributed by atoms with E-state index in [1.807, 2.05) is 0 Å². The molecule has 0 aromatic carbocycles. The van der Waals surface area contributed by atoms with Gasteiger partial charge in [0.1, 0.15) is 6.04 Å². The highest BCUT2D eigenvalue weighted by Gasteiger charge is 2.19. The Hall–Kier alpha value is -1.10. The highest BCUT2D eigenvalue weighted by atomic mass is 16.5. The topological polar surface area (TPSA) is 67.4 Å². The van der Waals surface area contributed by atoms with Gasteiger partial charge >= 0.3 is 5.97 Å². The molecule has 5 heteroatoms. The Morgan fingerprint density at radius 3 is 2.88 bits per heavy atom. The Bertz CT molecular complexity index is 262. The van der Waals surface area contributed by atoms with Crippen molar-refractivity contribution in [2.45, 2.75) is 39.2 Å². The maximum Gasteiger partial charge on any atom is 0.328 e. The summed E-state index contributed by atoms with van der Waals surface area (Å²) in [5.74, 6) is 0.152. The first kappa shape index (κ1) is 14.0. The van der Waals surface area contributed by atoms with E-state index >= 15 is 0 Å². The zero-order chi connectivity index (χ0) is 12.7. The highest BCUT2D eigenvalue weighted by Crippen LogP contribution is 2.13. The van der Waals surface area contributed by atoms with Crippen LogP contribution in [0.5, 0.6) is 0 Å². The van der Waals surface area contributed by atoms with Gasteiger partial charge in [-0.15, -0.1) is 0 Å². The number of carbonyl (C=O) groups is 2. The third-order valence-corrected chi connectivity index (χ3v) is 2.96. The van der Waals surface area contributed by atoms with Crippen molar-refractivity contribution in [3.05, 3.63) is 0 Å². The molecule has 17 heavy (non-hydrogen) atoms. The second kappa shape index (κ2) is 7.27. The molecule has 2 atom stereocenters. The zero-order valence-electron chi connectivity index (χ0n) is 10.6. The van der Waals surface area contributed by atoms with Gasteiger partial charge in [0.25, 0.3) is 0 Å². The van der Waals surface area contributed by atoms with E-state index in [0.29, 0.717) is 18.9 Å². The minimum Gasteiger partial charge on any atom is -0.464 e. The van der Waals surface area contributed by atoms with Crippen LogP contribution in [0.3, 0.4) is 0 Å². The summed E-state index contributed by atoms with van der Waals surface area (Å²) in [5, 5.41) is 5.92. The van der Waals surface area contributed by atoms with E-state index in [4.69, 9.17) is 4.74 Å². The zero-order valence-corrected chi connectivity index (χ0v) is 10.6. The smallest absolute Gasteiger partial charge is 0.328 e. The van der Waals surface area contributed by atoms with Gasteiger partial charge in [0.05, 0.1) is 6.61 Å². The summed E-state index contributed by atoms with van der Waals surface area (Å²) in [4.78, 5) is 22.9. The molecule has 0 saturated carbocycles. The first-order valence-electron chi connectivity index (χ1n) is 6.30. The fraction of sp³-hybridized carbons (Fsp3) is 0.833. The number of esters is 1. The van der Waals surface area contributed by atoms with Crippen LogP contribution in [0.25, 0.3) is 0 Å². The Labute approximate surface area is 102 Å². The number of carbonyl (C=O) groups excluding carboxylic acids is 2. The summed E-state index contributed by atoms with van der Waals surface area (Å²) < 4.78 is 4.82. The second-order valence-corrected chi connectivity index (χ2v) is 4.44. The molecule has 0 bridgehead atoms. The summed E-state index contributed by atoms with van der Waals surface area (Å²) in [6, 6.07) is -0.552. The van der Waals surface area contributed by atoms with Crippen LogP contribution in [0.15, 0.2) is 0 Å². The molecular weight excluding hydrogens is 220 g/mol. The third kappa shape index (κ3) is 5.17. The van der Waals surface area contributed by atoms with Crippen LogP contribution < -0.4 is 10.6 Å². The molecule has 1 saturated heterocycles. The van der Waals surface area contributed by atoms with Gasteiger partial charge in [-0.3, -0.25) is 4.79 Å². The molecule has 1 rings (SSSR count). The molecule has 0 aromatic rings. The van der Waals surface area contributed by atoms with E-state index in [9.17, 15) is 9.59 Å². The lowest BCUT2D eigenvalue weighted by Crippen LogP contribution is -2.39. The monoisotopic (exact) mass is 242 g/mol. The first-order valence-corrected chi connectivity index (χ1v) is 6.30. The van der Waals surface area contributed by atoms with Gasteiger partial charge in [-0.25, -0.2) is 4.79 Å². The molecule has 2 unspecified atom stereocenters. The molecule has 2 N–H and O–H groups in total. The molecule has 98 valence electrons. The Balaban J connectivity index is 2.17. The van der Waals surface area contributed by atoms with Gasteiger partial charge in [0.2, 0.25) is 5.91 Å². The van der Waals surface area contributed by atoms with E-state index in [-0.39, 0.29) is 11.9 Å². The fourth-order valence-corrected chi connectivity index (χ4v) is 1.94. The highest BCUT2D eigenvalue weighted by molar-refractivity contribution is 5.84. The van der Waals surface area contributed by atoms with Gasteiger partial charge in [-0.05, 0) is 45.7 Å². The maximum atomic E-state index is 11.6. The summed E-state index contributed by atoms with van der Waals surface area (Å²) in [7, 11) is 0. The number of rotatable bonds is 6. The summed E-state index contributed by atoms with van der Waals surface area (Å²) >= 11 is 0. The lowest BCUT2D eigenvalue weighted by molar-refractivity contribution is -0.146. The molecule has 1 heterocycles. The molecule has 1 aliphatic heterocycles. The average molecular weight is 242 g/mol. The number of amides is 1. The first-order chi connectivity index (χ1) is 8.13. The van der Waals surface area contributed by atoms with E-state index in [2.05, 4.69) is 10.6 Å². The summed E-state index contributed by atoms with van der Waals surface area (Å²) in [6.07, 6.45) is 2.51. The minimum absolute atomic E-state index is 0.0718. The van der Waals surface area contributed by atoms with Crippen molar-refractivity contribution < 1.29 is 14.3 Å². The van der Waals surface area contributed by atoms with Crippen LogP contribution in [-0.2, 0) is 14.3 Å². The van der Waals surface area contributed by atoms with Crippen LogP contribution in [0.4, 0.5) is 0 Å². The Morgan fingerprint density at radius 1 is 1.53 bits per heavy atom. The van der Waals surface area contributed by atoms with E-state index in [1.54, 1.807) is 13.8 Å². The summed E-state index contributed by atoms with van der Waals surface area (Å²) in [5.41, 5.74) is 0. The van der Waals surface area contributed by atoms with Gasteiger partial charge in [0.15, 0.2) is 0 Å². The standard InChI is InChI=1S/C12H22N2O3/c1-3-17-12(16)9(2)14-11(15)5-4-10-6-7-13-8-10/h9-10,13H,3-8H2,1-2H3,(H,14,15). The third-order valence-electron chi connectivity index (χ3n) is 2.96. The maximum absolute atomic E-state index is 11.6. The molecular formula is C12H22N2O3. The van der Waals surface area contributed by atoms with Crippen LogP contribution in [-0.4, -0.2) is 37.6 Å². The number of hydrogen-bond donors (Lipinski definition) is 2. The Kier molecular flexibility index (Phi) is 5.97. The lowest BCUT2D eigenvalue weighted by Gasteiger charge is -2.13. The van der Waals surface area contributed by atoms with Crippen molar-refractivity contribution in [3.8, 4) is 0 Å². The van der Waals surface area contributed by atoms with Gasteiger partial charge in [-0.1, -0.05) is 0 Å². The van der Waals surface area contributed by atoms with Crippen molar-refractivity contribution in [2.24, 2.45) is 5.92 Å². The fourth-order valence-electron chi connectivity index (χ4n) is 1.94. The average Bonchev–Trinajstić information content (AvgIpc) is 2.79. The van der Waals surface area contributed by atoms with Crippen molar-refractivity contribution in [2.75, 3.05) is 19.7 Å². The quantitative estimate of drug-likeness (QED) is 0.663. The number of ether oxygens (including phenoxy) is 1. The van der Waals surface area contributed by atoms with Crippen molar-refractivity contribution in [3.63, 3.8) is 0 Å². The van der Waals surface area contributed by atoms with Gasteiger partial charge in [0, 0.05) is 6.42 Å². The lowest BCUT2D eigenvalue weighted by atomic mass is 10.0. The van der Waals surface area contributed by atoms with Crippen molar-refractivity contribution >= 4 is 11.9 Å². The molecule has 1 fully saturated rings. The van der Waals surface area contributed by atoms with Crippen molar-refractivity contribution in [1.29, 1.82) is 0 Å². The predicted molar refractivity (Wildman–Crippen MR) is 64.4 cm³/mol. The van der Waals surface area contributed by atoms with Crippen LogP contribution in [0, 0.1) is 5.92 Å². The van der Waals surface area contributed by atoms with Crippen LogP contribution >= 0.6 is 0 Å². The normalized spacial score (nSPS) is 20.9. The van der Waals surface area contributed by atoms with Crippen LogP contribution in [0.1, 0.15) is 33.1 Å². The molecule has 0 aromatic heterocycles. The van der Waals surface area contributed by atoms with Crippen LogP contribution in [0.2, 0.25) is 0 Å². The van der Waals surface area contributed by atoms with E-state index in [0.717, 1.165) is 25.9 Å². The van der Waals surface area contributed by atoms with Gasteiger partial charge in [-0.2, -0.15) is 0 Å². The number of nitrogens with one attached hydrogen (secondary N) is 2. The SMILES string of the molecule is CCOC(=O)C(C)NC(=O)CCC1CCNC1. The molecule has 0 radical (unpaired) electrons. The molecule has 0 aliphatic carbocycles. The Morgan fingerprint density at radius 2 is 2.29 bits per heavy atom. The number of hydrogen-bond acceptors (Lipinski definition) is 4. The molecule has 0 spiro atoms. The summed E-state index contributed by atoms with van der Waals surface area (Å²) in [6.45, 7) is 5.78. The van der Waals surface area contributed by atoms with Gasteiger partial charge < -0.3 is 15.4 Å². The van der Waals surface area contributed by atoms with E-state index in [1.165, 1.54) is 0 Å².